The van der Waals surface area contributed by atoms with Crippen LogP contribution in [0.3, 0.4) is 0 Å². The number of aromatic nitrogens is 2. The van der Waals surface area contributed by atoms with E-state index in [0.717, 1.165) is 5.82 Å². The summed E-state index contributed by atoms with van der Waals surface area (Å²) >= 11 is 0. The predicted octanol–water partition coefficient (Wildman–Crippen LogP) is 1.55. The van der Waals surface area contributed by atoms with Crippen molar-refractivity contribution in [1.29, 1.82) is 0 Å². The highest BCUT2D eigenvalue weighted by atomic mass is 16.5. The summed E-state index contributed by atoms with van der Waals surface area (Å²) in [7, 11) is 5.06. The Morgan fingerprint density at radius 2 is 1.86 bits per heavy atom. The molecular weight excluding hydrogens is 272 g/mol. The van der Waals surface area contributed by atoms with Crippen molar-refractivity contribution >= 4 is 0 Å². The number of aryl methyl sites for hydroxylation is 1. The lowest BCUT2D eigenvalue weighted by Crippen LogP contribution is -2.08. The monoisotopic (exact) mass is 292 g/mol. The molecule has 1 heterocycles. The van der Waals surface area contributed by atoms with Crippen LogP contribution in [0.2, 0.25) is 0 Å². The number of hydrogen-bond donors (Lipinski definition) is 1. The Morgan fingerprint density at radius 1 is 1.19 bits per heavy atom. The molecule has 0 spiro atoms. The van der Waals surface area contributed by atoms with E-state index >= 15 is 0 Å². The van der Waals surface area contributed by atoms with Crippen molar-refractivity contribution in [1.82, 2.24) is 9.55 Å². The van der Waals surface area contributed by atoms with Gasteiger partial charge in [-0.25, -0.2) is 4.98 Å². The van der Waals surface area contributed by atoms with Crippen LogP contribution in [-0.4, -0.2) is 35.5 Å². The Bertz CT molecular complexity index is 570. The van der Waals surface area contributed by atoms with Crippen LogP contribution in [0.5, 0.6) is 17.2 Å². The van der Waals surface area contributed by atoms with Crippen molar-refractivity contribution < 1.29 is 19.3 Å². The summed E-state index contributed by atoms with van der Waals surface area (Å²) in [5.74, 6) is 2.56. The summed E-state index contributed by atoms with van der Waals surface area (Å²) in [6, 6.07) is 3.47. The van der Waals surface area contributed by atoms with Crippen LogP contribution in [0.25, 0.3) is 0 Å². The zero-order valence-electron chi connectivity index (χ0n) is 12.5. The van der Waals surface area contributed by atoms with E-state index in [2.05, 4.69) is 4.98 Å². The second-order valence-corrected chi connectivity index (χ2v) is 4.54. The average Bonchev–Trinajstić information content (AvgIpc) is 2.92. The fourth-order valence-corrected chi connectivity index (χ4v) is 2.05. The molecule has 0 fully saturated rings. The zero-order chi connectivity index (χ0) is 15.2. The summed E-state index contributed by atoms with van der Waals surface area (Å²) in [5.41, 5.74) is 0.708. The van der Waals surface area contributed by atoms with Crippen molar-refractivity contribution in [3.63, 3.8) is 0 Å². The van der Waals surface area contributed by atoms with Gasteiger partial charge in [0.1, 0.15) is 5.82 Å². The van der Waals surface area contributed by atoms with E-state index in [1.54, 1.807) is 32.5 Å². The van der Waals surface area contributed by atoms with Gasteiger partial charge in [0.05, 0.1) is 27.4 Å². The molecule has 21 heavy (non-hydrogen) atoms. The summed E-state index contributed by atoms with van der Waals surface area (Å²) in [6.07, 6.45) is 4.33. The molecule has 1 N–H and O–H groups in total. The number of imidazole rings is 1. The smallest absolute Gasteiger partial charge is 0.203 e. The molecule has 0 unspecified atom stereocenters. The molecule has 2 rings (SSSR count). The van der Waals surface area contributed by atoms with Gasteiger partial charge >= 0.3 is 0 Å². The fourth-order valence-electron chi connectivity index (χ4n) is 2.05. The number of aliphatic hydroxyl groups excluding tert-OH is 1. The minimum absolute atomic E-state index is 0.0831. The van der Waals surface area contributed by atoms with Crippen LogP contribution in [-0.2, 0) is 20.1 Å². The van der Waals surface area contributed by atoms with E-state index in [0.29, 0.717) is 35.8 Å². The molecule has 0 atom stereocenters. The molecule has 0 aliphatic rings. The number of aliphatic hydroxyl groups is 1. The molecule has 0 saturated heterocycles. The van der Waals surface area contributed by atoms with Gasteiger partial charge in [-0.1, -0.05) is 0 Å². The first-order valence-corrected chi connectivity index (χ1v) is 6.64. The maximum absolute atomic E-state index is 9.24. The molecule has 0 aliphatic heterocycles. The number of hydrogen-bond acceptors (Lipinski definition) is 5. The molecule has 114 valence electrons. The highest BCUT2D eigenvalue weighted by molar-refractivity contribution is 5.53. The largest absolute Gasteiger partial charge is 0.493 e. The second kappa shape index (κ2) is 6.99. The molecule has 2 aromatic rings. The topological polar surface area (TPSA) is 65.7 Å². The summed E-state index contributed by atoms with van der Waals surface area (Å²) in [5, 5.41) is 9.24. The van der Waals surface area contributed by atoms with E-state index in [4.69, 9.17) is 14.2 Å². The molecule has 0 amide bonds. The highest BCUT2D eigenvalue weighted by Crippen LogP contribution is 2.38. The van der Waals surface area contributed by atoms with Gasteiger partial charge in [-0.3, -0.25) is 0 Å². The quantitative estimate of drug-likeness (QED) is 0.838. The number of benzene rings is 1. The van der Waals surface area contributed by atoms with Gasteiger partial charge in [0.15, 0.2) is 11.5 Å². The van der Waals surface area contributed by atoms with Crippen LogP contribution in [0.1, 0.15) is 11.4 Å². The van der Waals surface area contributed by atoms with Crippen molar-refractivity contribution in [2.75, 3.05) is 20.8 Å². The van der Waals surface area contributed by atoms with Gasteiger partial charge in [0.2, 0.25) is 5.75 Å². The molecule has 0 saturated carbocycles. The maximum atomic E-state index is 9.24. The van der Waals surface area contributed by atoms with Crippen LogP contribution < -0.4 is 14.2 Å². The van der Waals surface area contributed by atoms with E-state index in [1.807, 2.05) is 17.8 Å². The maximum Gasteiger partial charge on any atom is 0.203 e. The van der Waals surface area contributed by atoms with Crippen LogP contribution in [0.4, 0.5) is 0 Å². The number of rotatable bonds is 7. The normalized spacial score (nSPS) is 10.5. The molecule has 0 bridgehead atoms. The Hall–Kier alpha value is -2.21. The molecule has 1 aromatic carbocycles. The van der Waals surface area contributed by atoms with Gasteiger partial charge in [-0.2, -0.15) is 0 Å². The van der Waals surface area contributed by atoms with Crippen molar-refractivity contribution in [2.24, 2.45) is 7.05 Å². The predicted molar refractivity (Wildman–Crippen MR) is 77.9 cm³/mol. The van der Waals surface area contributed by atoms with E-state index in [1.165, 1.54) is 0 Å². The third kappa shape index (κ3) is 3.46. The molecule has 6 heteroatoms. The zero-order valence-corrected chi connectivity index (χ0v) is 12.5. The van der Waals surface area contributed by atoms with Gasteiger partial charge in [0, 0.05) is 25.9 Å². The van der Waals surface area contributed by atoms with E-state index < -0.39 is 0 Å². The second-order valence-electron chi connectivity index (χ2n) is 4.54. The summed E-state index contributed by atoms with van der Waals surface area (Å²) in [4.78, 5) is 4.25. The number of nitrogens with zero attached hydrogens (tertiary/aromatic N) is 2. The first-order valence-electron chi connectivity index (χ1n) is 6.64. The lowest BCUT2D eigenvalue weighted by molar-refractivity contribution is 0.266. The Kier molecular flexibility index (Phi) is 5.05. The van der Waals surface area contributed by atoms with Crippen LogP contribution in [0, 0.1) is 0 Å². The van der Waals surface area contributed by atoms with Gasteiger partial charge in [-0.05, 0) is 17.7 Å². The third-order valence-corrected chi connectivity index (χ3v) is 3.20. The lowest BCUT2D eigenvalue weighted by atomic mass is 10.2. The molecule has 0 aliphatic carbocycles. The standard InChI is InChI=1S/C15H20N2O4/c1-17-6-5-16-14(17)4-7-21-15-12(19-2)8-11(10-18)9-13(15)20-3/h5-6,8-9,18H,4,7,10H2,1-3H3. The number of methoxy groups -OCH3 is 2. The summed E-state index contributed by atoms with van der Waals surface area (Å²) in [6.45, 7) is 0.371. The SMILES string of the molecule is COc1cc(CO)cc(OC)c1OCCc1nccn1C. The molecular formula is C15H20N2O4. The summed E-state index contributed by atoms with van der Waals surface area (Å²) < 4.78 is 18.4. The minimum Gasteiger partial charge on any atom is -0.493 e. The Labute approximate surface area is 123 Å². The van der Waals surface area contributed by atoms with Crippen molar-refractivity contribution in [3.8, 4) is 17.2 Å². The highest BCUT2D eigenvalue weighted by Gasteiger charge is 2.14. The van der Waals surface area contributed by atoms with Crippen LogP contribution in [0.15, 0.2) is 24.5 Å². The Morgan fingerprint density at radius 3 is 2.33 bits per heavy atom. The molecule has 6 nitrogen and oxygen atoms in total. The van der Waals surface area contributed by atoms with Crippen LogP contribution >= 0.6 is 0 Å². The molecule has 1 aromatic heterocycles. The minimum atomic E-state index is -0.0831. The first kappa shape index (κ1) is 15.2. The first-order chi connectivity index (χ1) is 10.2. The van der Waals surface area contributed by atoms with Gasteiger partial charge < -0.3 is 23.9 Å². The van der Waals surface area contributed by atoms with Crippen molar-refractivity contribution in [3.05, 3.63) is 35.9 Å². The lowest BCUT2D eigenvalue weighted by Gasteiger charge is -2.15. The number of ether oxygens (including phenoxy) is 3. The molecule has 0 radical (unpaired) electrons. The third-order valence-electron chi connectivity index (χ3n) is 3.20. The average molecular weight is 292 g/mol. The van der Waals surface area contributed by atoms with Gasteiger partial charge in [0.25, 0.3) is 0 Å². The van der Waals surface area contributed by atoms with Crippen molar-refractivity contribution in [2.45, 2.75) is 13.0 Å². The van der Waals surface area contributed by atoms with E-state index in [-0.39, 0.29) is 6.61 Å². The van der Waals surface area contributed by atoms with Gasteiger partial charge in [-0.15, -0.1) is 0 Å². The Balaban J connectivity index is 2.13. The van der Waals surface area contributed by atoms with E-state index in [9.17, 15) is 5.11 Å². The fraction of sp³-hybridized carbons (Fsp3) is 0.400.